The molecule has 0 unspecified atom stereocenters. The molecule has 0 fully saturated rings. The number of benzene rings is 2. The third kappa shape index (κ3) is 3.58. The Morgan fingerprint density at radius 1 is 1.08 bits per heavy atom. The summed E-state index contributed by atoms with van der Waals surface area (Å²) in [7, 11) is 1.39. The van der Waals surface area contributed by atoms with Gasteiger partial charge in [-0.3, -0.25) is 9.59 Å². The maximum absolute atomic E-state index is 12.6. The molecule has 1 N–H and O–H groups in total. The van der Waals surface area contributed by atoms with Gasteiger partial charge in [-0.05, 0) is 31.2 Å². The number of nitrogens with zero attached hydrogens (tertiary/aromatic N) is 2. The predicted molar refractivity (Wildman–Crippen MR) is 95.5 cm³/mol. The highest BCUT2D eigenvalue weighted by Crippen LogP contribution is 2.17. The molecule has 1 heterocycles. The summed E-state index contributed by atoms with van der Waals surface area (Å²) < 4.78 is 6.33. The van der Waals surface area contributed by atoms with Gasteiger partial charge in [-0.1, -0.05) is 35.9 Å². The van der Waals surface area contributed by atoms with Crippen LogP contribution in [-0.4, -0.2) is 22.8 Å². The minimum absolute atomic E-state index is 0.0338. The van der Waals surface area contributed by atoms with Gasteiger partial charge in [0.05, 0.1) is 18.9 Å². The molecule has 0 aliphatic rings. The molecule has 0 saturated heterocycles. The van der Waals surface area contributed by atoms with Crippen LogP contribution in [0, 0.1) is 6.92 Å². The normalized spacial score (nSPS) is 10.3. The predicted octanol–water partition coefficient (Wildman–Crippen LogP) is 2.80. The Balaban J connectivity index is 2.00. The number of amides is 1. The first-order valence-corrected chi connectivity index (χ1v) is 7.70. The zero-order valence-corrected chi connectivity index (χ0v) is 13.9. The maximum atomic E-state index is 12.6. The van der Waals surface area contributed by atoms with Crippen molar-refractivity contribution in [3.63, 3.8) is 0 Å². The summed E-state index contributed by atoms with van der Waals surface area (Å²) in [6.45, 7) is 1.96. The fourth-order valence-corrected chi connectivity index (χ4v) is 2.33. The molecule has 2 aromatic carbocycles. The number of hydrogen-bond donors (Lipinski definition) is 1. The first-order chi connectivity index (χ1) is 12.1. The van der Waals surface area contributed by atoms with E-state index in [1.54, 1.807) is 36.4 Å². The number of carbonyl (C=O) groups excluding carboxylic acids is 1. The quantitative estimate of drug-likeness (QED) is 0.796. The molecule has 126 valence electrons. The third-order valence-electron chi connectivity index (χ3n) is 3.64. The summed E-state index contributed by atoms with van der Waals surface area (Å²) in [4.78, 5) is 24.9. The molecule has 0 aliphatic heterocycles. The SMILES string of the molecule is COc1cc(=O)n(-c2ccccc2)nc1C(=O)Nc1ccc(C)cc1. The van der Waals surface area contributed by atoms with Crippen LogP contribution < -0.4 is 15.6 Å². The largest absolute Gasteiger partial charge is 0.494 e. The lowest BCUT2D eigenvalue weighted by molar-refractivity contribution is 0.101. The Morgan fingerprint density at radius 2 is 1.76 bits per heavy atom. The summed E-state index contributed by atoms with van der Waals surface area (Å²) in [5.41, 5.74) is 1.95. The van der Waals surface area contributed by atoms with Crippen molar-refractivity contribution in [1.29, 1.82) is 0 Å². The van der Waals surface area contributed by atoms with E-state index in [9.17, 15) is 9.59 Å². The Labute approximate surface area is 144 Å². The lowest BCUT2D eigenvalue weighted by Crippen LogP contribution is -2.26. The van der Waals surface area contributed by atoms with Crippen LogP contribution in [0.15, 0.2) is 65.5 Å². The number of anilines is 1. The van der Waals surface area contributed by atoms with Gasteiger partial charge in [0.2, 0.25) is 0 Å². The number of aromatic nitrogens is 2. The number of para-hydroxylation sites is 1. The van der Waals surface area contributed by atoms with Crippen LogP contribution in [0.1, 0.15) is 16.1 Å². The number of carbonyl (C=O) groups is 1. The van der Waals surface area contributed by atoms with Gasteiger partial charge < -0.3 is 10.1 Å². The Kier molecular flexibility index (Phi) is 4.61. The second kappa shape index (κ2) is 7.00. The van der Waals surface area contributed by atoms with Crippen molar-refractivity contribution in [2.45, 2.75) is 6.92 Å². The molecule has 3 rings (SSSR count). The van der Waals surface area contributed by atoms with E-state index in [2.05, 4.69) is 10.4 Å². The summed E-state index contributed by atoms with van der Waals surface area (Å²) in [5.74, 6) is -0.327. The third-order valence-corrected chi connectivity index (χ3v) is 3.64. The van der Waals surface area contributed by atoms with Crippen LogP contribution in [-0.2, 0) is 0 Å². The average molecular weight is 335 g/mol. The van der Waals surface area contributed by atoms with E-state index >= 15 is 0 Å². The first-order valence-electron chi connectivity index (χ1n) is 7.70. The number of methoxy groups -OCH3 is 1. The first kappa shape index (κ1) is 16.4. The number of hydrogen-bond acceptors (Lipinski definition) is 4. The van der Waals surface area contributed by atoms with Gasteiger partial charge in [0.1, 0.15) is 0 Å². The summed E-state index contributed by atoms with van der Waals surface area (Å²) in [5, 5.41) is 6.96. The van der Waals surface area contributed by atoms with Crippen molar-refractivity contribution in [3.05, 3.63) is 82.3 Å². The Bertz CT molecular complexity index is 948. The van der Waals surface area contributed by atoms with Crippen LogP contribution in [0.5, 0.6) is 5.75 Å². The van der Waals surface area contributed by atoms with Crippen LogP contribution >= 0.6 is 0 Å². The molecule has 0 spiro atoms. The van der Waals surface area contributed by atoms with Crippen molar-refractivity contribution >= 4 is 11.6 Å². The number of nitrogens with one attached hydrogen (secondary N) is 1. The van der Waals surface area contributed by atoms with Crippen LogP contribution in [0.3, 0.4) is 0 Å². The van der Waals surface area contributed by atoms with Crippen molar-refractivity contribution in [3.8, 4) is 11.4 Å². The monoisotopic (exact) mass is 335 g/mol. The van der Waals surface area contributed by atoms with Gasteiger partial charge in [-0.2, -0.15) is 9.78 Å². The van der Waals surface area contributed by atoms with Gasteiger partial charge in [-0.15, -0.1) is 0 Å². The molecule has 1 amide bonds. The lowest BCUT2D eigenvalue weighted by atomic mass is 10.2. The van der Waals surface area contributed by atoms with E-state index in [0.717, 1.165) is 5.56 Å². The second-order valence-electron chi connectivity index (χ2n) is 5.47. The molecular formula is C19H17N3O3. The molecule has 0 atom stereocenters. The Hall–Kier alpha value is -3.41. The van der Waals surface area contributed by atoms with Crippen molar-refractivity contribution in [1.82, 2.24) is 9.78 Å². The number of aryl methyl sites for hydroxylation is 1. The Morgan fingerprint density at radius 3 is 2.40 bits per heavy atom. The van der Waals surface area contributed by atoms with E-state index in [4.69, 9.17) is 4.74 Å². The summed E-state index contributed by atoms with van der Waals surface area (Å²) in [6, 6.07) is 17.5. The minimum atomic E-state index is -0.453. The molecule has 6 heteroatoms. The van der Waals surface area contributed by atoms with Crippen LogP contribution in [0.25, 0.3) is 5.69 Å². The highest BCUT2D eigenvalue weighted by atomic mass is 16.5. The molecule has 0 radical (unpaired) electrons. The molecular weight excluding hydrogens is 318 g/mol. The average Bonchev–Trinajstić information content (AvgIpc) is 2.64. The van der Waals surface area contributed by atoms with Crippen molar-refractivity contribution in [2.24, 2.45) is 0 Å². The molecule has 0 aliphatic carbocycles. The molecule has 0 saturated carbocycles. The van der Waals surface area contributed by atoms with E-state index in [0.29, 0.717) is 11.4 Å². The fourth-order valence-electron chi connectivity index (χ4n) is 2.33. The van der Waals surface area contributed by atoms with E-state index < -0.39 is 5.91 Å². The van der Waals surface area contributed by atoms with Gasteiger partial charge in [0.25, 0.3) is 11.5 Å². The fraction of sp³-hybridized carbons (Fsp3) is 0.105. The molecule has 25 heavy (non-hydrogen) atoms. The van der Waals surface area contributed by atoms with Crippen LogP contribution in [0.4, 0.5) is 5.69 Å². The topological polar surface area (TPSA) is 73.2 Å². The number of rotatable bonds is 4. The molecule has 3 aromatic rings. The zero-order valence-electron chi connectivity index (χ0n) is 13.9. The van der Waals surface area contributed by atoms with Crippen molar-refractivity contribution in [2.75, 3.05) is 12.4 Å². The van der Waals surface area contributed by atoms with Gasteiger partial charge >= 0.3 is 0 Å². The number of ether oxygens (including phenoxy) is 1. The molecule has 1 aromatic heterocycles. The maximum Gasteiger partial charge on any atom is 0.279 e. The van der Waals surface area contributed by atoms with E-state index in [1.165, 1.54) is 17.9 Å². The van der Waals surface area contributed by atoms with E-state index in [1.807, 2.05) is 25.1 Å². The van der Waals surface area contributed by atoms with Gasteiger partial charge in [0, 0.05) is 5.69 Å². The van der Waals surface area contributed by atoms with Crippen molar-refractivity contribution < 1.29 is 9.53 Å². The lowest BCUT2D eigenvalue weighted by Gasteiger charge is -2.11. The highest BCUT2D eigenvalue weighted by Gasteiger charge is 2.18. The smallest absolute Gasteiger partial charge is 0.279 e. The van der Waals surface area contributed by atoms with Gasteiger partial charge in [0.15, 0.2) is 11.4 Å². The summed E-state index contributed by atoms with van der Waals surface area (Å²) in [6.07, 6.45) is 0. The zero-order chi connectivity index (χ0) is 17.8. The second-order valence-corrected chi connectivity index (χ2v) is 5.47. The highest BCUT2D eigenvalue weighted by molar-refractivity contribution is 6.04. The summed E-state index contributed by atoms with van der Waals surface area (Å²) >= 11 is 0. The standard InChI is InChI=1S/C19H17N3O3/c1-13-8-10-14(11-9-13)20-19(24)18-16(25-2)12-17(23)22(21-18)15-6-4-3-5-7-15/h3-12H,1-2H3,(H,20,24). The van der Waals surface area contributed by atoms with Crippen LogP contribution in [0.2, 0.25) is 0 Å². The molecule has 6 nitrogen and oxygen atoms in total. The van der Waals surface area contributed by atoms with Gasteiger partial charge in [-0.25, -0.2) is 0 Å². The molecule has 0 bridgehead atoms. The van der Waals surface area contributed by atoms with E-state index in [-0.39, 0.29) is 17.0 Å². The minimum Gasteiger partial charge on any atom is -0.494 e.